The molecule has 8 heteroatoms. The zero-order valence-corrected chi connectivity index (χ0v) is 13.9. The van der Waals surface area contributed by atoms with Gasteiger partial charge in [-0.1, -0.05) is 6.92 Å². The minimum atomic E-state index is -0.911. The Morgan fingerprint density at radius 1 is 1.30 bits per heavy atom. The summed E-state index contributed by atoms with van der Waals surface area (Å²) in [5.41, 5.74) is 0. The van der Waals surface area contributed by atoms with Crippen molar-refractivity contribution in [2.45, 2.75) is 30.0 Å². The fourth-order valence-electron chi connectivity index (χ4n) is 2.29. The van der Waals surface area contributed by atoms with Gasteiger partial charge in [-0.3, -0.25) is 4.90 Å². The number of amides is 2. The zero-order valence-electron chi connectivity index (χ0n) is 11.4. The number of rotatable bonds is 4. The van der Waals surface area contributed by atoms with Crippen molar-refractivity contribution in [3.05, 3.63) is 0 Å². The minimum Gasteiger partial charge on any atom is -0.480 e. The zero-order chi connectivity index (χ0) is 14.5. The molecule has 114 valence electrons. The van der Waals surface area contributed by atoms with E-state index in [1.807, 2.05) is 30.4 Å². The van der Waals surface area contributed by atoms with Crippen molar-refractivity contribution < 1.29 is 14.7 Å². The maximum absolute atomic E-state index is 12.3. The molecule has 0 radical (unpaired) electrons. The van der Waals surface area contributed by atoms with E-state index >= 15 is 0 Å². The molecule has 2 aliphatic rings. The number of thioether (sulfide) groups is 3. The van der Waals surface area contributed by atoms with Crippen molar-refractivity contribution in [2.24, 2.45) is 0 Å². The summed E-state index contributed by atoms with van der Waals surface area (Å²) < 4.78 is 0. The topological polar surface area (TPSA) is 69.6 Å². The lowest BCUT2D eigenvalue weighted by atomic mass is 10.3. The van der Waals surface area contributed by atoms with Gasteiger partial charge < -0.3 is 10.4 Å². The van der Waals surface area contributed by atoms with Crippen LogP contribution in [0.25, 0.3) is 0 Å². The lowest BCUT2D eigenvalue weighted by molar-refractivity contribution is -0.141. The van der Waals surface area contributed by atoms with E-state index in [9.17, 15) is 14.7 Å². The van der Waals surface area contributed by atoms with Crippen molar-refractivity contribution >= 4 is 47.3 Å². The molecular weight excluding hydrogens is 316 g/mol. The summed E-state index contributed by atoms with van der Waals surface area (Å²) in [4.78, 5) is 25.0. The lowest BCUT2D eigenvalue weighted by Gasteiger charge is -2.28. The van der Waals surface area contributed by atoms with Crippen LogP contribution in [-0.2, 0) is 4.79 Å². The molecule has 2 N–H and O–H groups in total. The van der Waals surface area contributed by atoms with Gasteiger partial charge in [-0.05, 0) is 6.42 Å². The monoisotopic (exact) mass is 336 g/mol. The minimum absolute atomic E-state index is 0.0236. The fraction of sp³-hybridized carbons (Fsp3) is 0.833. The van der Waals surface area contributed by atoms with Crippen molar-refractivity contribution in [1.29, 1.82) is 0 Å². The van der Waals surface area contributed by atoms with Crippen molar-refractivity contribution in [3.8, 4) is 0 Å². The molecule has 0 saturated carbocycles. The molecular formula is C12H20N2O3S3. The number of carbonyl (C=O) groups is 2. The molecule has 20 heavy (non-hydrogen) atoms. The van der Waals surface area contributed by atoms with Crippen LogP contribution in [0.3, 0.4) is 0 Å². The Kier molecular flexibility index (Phi) is 6.22. The number of carbonyl (C=O) groups excluding carboxylic acids is 1. The summed E-state index contributed by atoms with van der Waals surface area (Å²) in [6, 6.07) is -0.927. The highest BCUT2D eigenvalue weighted by molar-refractivity contribution is 8.06. The Morgan fingerprint density at radius 3 is 2.70 bits per heavy atom. The maximum Gasteiger partial charge on any atom is 0.327 e. The molecule has 0 aromatic rings. The van der Waals surface area contributed by atoms with Gasteiger partial charge in [0.2, 0.25) is 0 Å². The van der Waals surface area contributed by atoms with E-state index in [1.54, 1.807) is 11.8 Å². The second kappa shape index (κ2) is 7.70. The number of aliphatic carboxylic acids is 1. The van der Waals surface area contributed by atoms with E-state index in [4.69, 9.17) is 0 Å². The Labute approximate surface area is 132 Å². The van der Waals surface area contributed by atoms with Gasteiger partial charge in [-0.25, -0.2) is 9.59 Å². The molecule has 2 aliphatic heterocycles. The molecule has 0 aliphatic carbocycles. The van der Waals surface area contributed by atoms with E-state index in [2.05, 4.69) is 5.32 Å². The number of carboxylic acid groups (broad SMARTS) is 1. The number of hydrogen-bond acceptors (Lipinski definition) is 5. The Balaban J connectivity index is 1.89. The third kappa shape index (κ3) is 3.92. The average molecular weight is 337 g/mol. The van der Waals surface area contributed by atoms with Gasteiger partial charge in [0.1, 0.15) is 6.04 Å². The molecule has 0 aromatic heterocycles. The first-order valence-electron chi connectivity index (χ1n) is 6.73. The number of urea groups is 1. The molecule has 2 heterocycles. The molecule has 0 bridgehead atoms. The van der Waals surface area contributed by atoms with Crippen LogP contribution in [0.15, 0.2) is 0 Å². The van der Waals surface area contributed by atoms with E-state index in [0.717, 1.165) is 17.9 Å². The number of carboxylic acids is 1. The number of nitrogens with one attached hydrogen (secondary N) is 1. The van der Waals surface area contributed by atoms with Crippen LogP contribution in [-0.4, -0.2) is 68.2 Å². The van der Waals surface area contributed by atoms with E-state index < -0.39 is 12.0 Å². The van der Waals surface area contributed by atoms with Crippen LogP contribution in [0, 0.1) is 0 Å². The fourth-order valence-corrected chi connectivity index (χ4v) is 6.25. The van der Waals surface area contributed by atoms with Gasteiger partial charge in [-0.15, -0.1) is 11.8 Å². The van der Waals surface area contributed by atoms with E-state index in [-0.39, 0.29) is 11.4 Å². The summed E-state index contributed by atoms with van der Waals surface area (Å²) >= 11 is 5.35. The highest BCUT2D eigenvalue weighted by atomic mass is 32.2. The number of nitrogens with zero attached hydrogens (tertiary/aromatic N) is 1. The molecule has 2 fully saturated rings. The summed E-state index contributed by atoms with van der Waals surface area (Å²) in [5, 5.41) is 12.6. The highest BCUT2D eigenvalue weighted by Crippen LogP contribution is 2.31. The normalized spacial score (nSPS) is 30.2. The molecule has 0 spiro atoms. The second-order valence-corrected chi connectivity index (χ2v) is 8.48. The Bertz CT molecular complexity index is 364. The first-order valence-corrected chi connectivity index (χ1v) is 9.98. The van der Waals surface area contributed by atoms with Gasteiger partial charge in [0.05, 0.1) is 5.37 Å². The predicted molar refractivity (Wildman–Crippen MR) is 86.8 cm³/mol. The molecule has 2 rings (SSSR count). The van der Waals surface area contributed by atoms with Crippen molar-refractivity contribution in [2.75, 3.05) is 29.6 Å². The van der Waals surface area contributed by atoms with Gasteiger partial charge in [-0.2, -0.15) is 23.5 Å². The first-order chi connectivity index (χ1) is 9.63. The third-order valence-electron chi connectivity index (χ3n) is 3.33. The standard InChI is InChI=1S/C12H20N2O3S3/c1-2-10-14(9(7-20-10)11(15)16)12(17)13-5-8-6-18-3-4-19-8/h8-10H,2-7H2,1H3,(H,13,17)(H,15,16). The molecule has 3 unspecified atom stereocenters. The largest absolute Gasteiger partial charge is 0.480 e. The summed E-state index contributed by atoms with van der Waals surface area (Å²) in [5.74, 6) is 2.93. The highest BCUT2D eigenvalue weighted by Gasteiger charge is 2.40. The Morgan fingerprint density at radius 2 is 2.10 bits per heavy atom. The predicted octanol–water partition coefficient (Wildman–Crippen LogP) is 1.78. The maximum atomic E-state index is 12.3. The summed E-state index contributed by atoms with van der Waals surface area (Å²) in [7, 11) is 0. The van der Waals surface area contributed by atoms with Crippen LogP contribution < -0.4 is 5.32 Å². The van der Waals surface area contributed by atoms with Crippen LogP contribution in [0.5, 0.6) is 0 Å². The number of hydrogen-bond donors (Lipinski definition) is 2. The quantitative estimate of drug-likeness (QED) is 0.816. The van der Waals surface area contributed by atoms with E-state index in [1.165, 1.54) is 10.7 Å². The summed E-state index contributed by atoms with van der Waals surface area (Å²) in [6.45, 7) is 2.61. The lowest BCUT2D eigenvalue weighted by Crippen LogP contribution is -2.51. The van der Waals surface area contributed by atoms with Gasteiger partial charge in [0, 0.05) is 34.8 Å². The van der Waals surface area contributed by atoms with Crippen LogP contribution in [0.2, 0.25) is 0 Å². The molecule has 2 saturated heterocycles. The Hall–Kier alpha value is -0.210. The average Bonchev–Trinajstić information content (AvgIpc) is 2.90. The van der Waals surface area contributed by atoms with E-state index in [0.29, 0.717) is 17.5 Å². The first kappa shape index (κ1) is 16.2. The molecule has 5 nitrogen and oxygen atoms in total. The van der Waals surface area contributed by atoms with Gasteiger partial charge >= 0.3 is 12.0 Å². The smallest absolute Gasteiger partial charge is 0.327 e. The van der Waals surface area contributed by atoms with Crippen LogP contribution in [0.1, 0.15) is 13.3 Å². The second-order valence-electron chi connectivity index (χ2n) is 4.71. The third-order valence-corrected chi connectivity index (χ3v) is 7.63. The molecule has 3 atom stereocenters. The SMILES string of the molecule is CCC1SCC(C(=O)O)N1C(=O)NCC1CSCCS1. The van der Waals surface area contributed by atoms with Crippen LogP contribution in [0.4, 0.5) is 4.79 Å². The van der Waals surface area contributed by atoms with Gasteiger partial charge in [0.15, 0.2) is 0 Å². The molecule has 2 amide bonds. The van der Waals surface area contributed by atoms with Crippen LogP contribution >= 0.6 is 35.3 Å². The summed E-state index contributed by atoms with van der Waals surface area (Å²) in [6.07, 6.45) is 0.774. The van der Waals surface area contributed by atoms with Crippen molar-refractivity contribution in [3.63, 3.8) is 0 Å². The van der Waals surface area contributed by atoms with Crippen molar-refractivity contribution in [1.82, 2.24) is 10.2 Å². The van der Waals surface area contributed by atoms with Gasteiger partial charge in [0.25, 0.3) is 0 Å². The molecule has 0 aromatic carbocycles.